The minimum atomic E-state index is -0.400. The molecule has 108 valence electrons. The zero-order valence-corrected chi connectivity index (χ0v) is 13.0. The van der Waals surface area contributed by atoms with Crippen LogP contribution in [0.1, 0.15) is 28.4 Å². The standard InChI is InChI=1S/C16H14BrFN2O/c1-2-11-3-5-12(6-4-11)16(21)20-19-10-13-9-14(17)7-8-15(13)18/h3-10H,2H2,1H3,(H,20,21)/b19-10-. The van der Waals surface area contributed by atoms with E-state index in [1.165, 1.54) is 12.3 Å². The second kappa shape index (κ2) is 7.13. The maximum atomic E-state index is 13.5. The molecular formula is C16H14BrFN2O. The van der Waals surface area contributed by atoms with Gasteiger partial charge in [0.15, 0.2) is 0 Å². The quantitative estimate of drug-likeness (QED) is 0.660. The van der Waals surface area contributed by atoms with E-state index in [9.17, 15) is 9.18 Å². The van der Waals surface area contributed by atoms with Crippen molar-refractivity contribution in [3.05, 3.63) is 69.4 Å². The van der Waals surface area contributed by atoms with E-state index < -0.39 is 5.82 Å². The van der Waals surface area contributed by atoms with Crippen molar-refractivity contribution in [2.75, 3.05) is 0 Å². The molecule has 2 aromatic rings. The molecule has 0 aromatic heterocycles. The van der Waals surface area contributed by atoms with Crippen molar-refractivity contribution in [1.82, 2.24) is 5.43 Å². The maximum absolute atomic E-state index is 13.5. The first-order valence-electron chi connectivity index (χ1n) is 6.47. The normalized spacial score (nSPS) is 10.8. The maximum Gasteiger partial charge on any atom is 0.271 e. The molecule has 0 heterocycles. The molecule has 0 aliphatic heterocycles. The molecule has 0 saturated heterocycles. The highest BCUT2D eigenvalue weighted by Crippen LogP contribution is 2.13. The molecule has 0 spiro atoms. The summed E-state index contributed by atoms with van der Waals surface area (Å²) in [6.07, 6.45) is 2.20. The van der Waals surface area contributed by atoms with Crippen molar-refractivity contribution in [2.45, 2.75) is 13.3 Å². The fraction of sp³-hybridized carbons (Fsp3) is 0.125. The fourth-order valence-corrected chi connectivity index (χ4v) is 2.11. The van der Waals surface area contributed by atoms with Crippen LogP contribution >= 0.6 is 15.9 Å². The van der Waals surface area contributed by atoms with Crippen LogP contribution in [-0.2, 0) is 6.42 Å². The van der Waals surface area contributed by atoms with Gasteiger partial charge >= 0.3 is 0 Å². The van der Waals surface area contributed by atoms with E-state index >= 15 is 0 Å². The molecule has 0 unspecified atom stereocenters. The highest BCUT2D eigenvalue weighted by Gasteiger charge is 2.04. The zero-order chi connectivity index (χ0) is 15.2. The molecule has 1 N–H and O–H groups in total. The van der Waals surface area contributed by atoms with Crippen LogP contribution in [0.4, 0.5) is 4.39 Å². The molecule has 1 amide bonds. The summed E-state index contributed by atoms with van der Waals surface area (Å²) in [7, 11) is 0. The van der Waals surface area contributed by atoms with Gasteiger partial charge in [-0.25, -0.2) is 9.82 Å². The predicted molar refractivity (Wildman–Crippen MR) is 85.0 cm³/mol. The van der Waals surface area contributed by atoms with Crippen LogP contribution in [0.2, 0.25) is 0 Å². The number of aryl methyl sites for hydroxylation is 1. The van der Waals surface area contributed by atoms with Crippen LogP contribution in [0.25, 0.3) is 0 Å². The predicted octanol–water partition coefficient (Wildman–Crippen LogP) is 3.91. The van der Waals surface area contributed by atoms with Gasteiger partial charge in [0.2, 0.25) is 0 Å². The first-order valence-corrected chi connectivity index (χ1v) is 7.27. The highest BCUT2D eigenvalue weighted by atomic mass is 79.9. The minimum Gasteiger partial charge on any atom is -0.267 e. The largest absolute Gasteiger partial charge is 0.271 e. The summed E-state index contributed by atoms with van der Waals surface area (Å²) >= 11 is 3.25. The van der Waals surface area contributed by atoms with Crippen LogP contribution in [0.3, 0.4) is 0 Å². The number of carbonyl (C=O) groups excluding carboxylic acids is 1. The first kappa shape index (κ1) is 15.4. The lowest BCUT2D eigenvalue weighted by atomic mass is 10.1. The molecule has 3 nitrogen and oxygen atoms in total. The summed E-state index contributed by atoms with van der Waals surface area (Å²) in [5.41, 5.74) is 4.35. The summed E-state index contributed by atoms with van der Waals surface area (Å²) in [6.45, 7) is 2.05. The van der Waals surface area contributed by atoms with Gasteiger partial charge in [-0.2, -0.15) is 5.10 Å². The van der Waals surface area contributed by atoms with Gasteiger partial charge in [-0.05, 0) is 42.3 Å². The summed E-state index contributed by atoms with van der Waals surface area (Å²) in [6, 6.07) is 11.8. The van der Waals surface area contributed by atoms with Gasteiger partial charge in [-0.15, -0.1) is 0 Å². The van der Waals surface area contributed by atoms with E-state index in [1.54, 1.807) is 24.3 Å². The molecule has 21 heavy (non-hydrogen) atoms. The van der Waals surface area contributed by atoms with Crippen LogP contribution < -0.4 is 5.43 Å². The number of nitrogens with zero attached hydrogens (tertiary/aromatic N) is 1. The number of hydrogen-bond donors (Lipinski definition) is 1. The molecule has 0 aliphatic carbocycles. The molecule has 0 radical (unpaired) electrons. The Kier molecular flexibility index (Phi) is 5.22. The molecule has 0 bridgehead atoms. The van der Waals surface area contributed by atoms with Gasteiger partial charge in [0, 0.05) is 15.6 Å². The third-order valence-electron chi connectivity index (χ3n) is 2.95. The molecule has 0 saturated carbocycles. The monoisotopic (exact) mass is 348 g/mol. The average molecular weight is 349 g/mol. The van der Waals surface area contributed by atoms with Crippen LogP contribution in [-0.4, -0.2) is 12.1 Å². The number of hydrogen-bond acceptors (Lipinski definition) is 2. The van der Waals surface area contributed by atoms with E-state index in [1.807, 2.05) is 19.1 Å². The molecule has 2 rings (SSSR count). The Morgan fingerprint density at radius 1 is 1.29 bits per heavy atom. The molecular weight excluding hydrogens is 335 g/mol. The number of benzene rings is 2. The smallest absolute Gasteiger partial charge is 0.267 e. The van der Waals surface area contributed by atoms with Crippen molar-refractivity contribution in [2.24, 2.45) is 5.10 Å². The average Bonchev–Trinajstić information content (AvgIpc) is 2.50. The summed E-state index contributed by atoms with van der Waals surface area (Å²) < 4.78 is 14.2. The van der Waals surface area contributed by atoms with E-state index in [4.69, 9.17) is 0 Å². The van der Waals surface area contributed by atoms with Crippen LogP contribution in [0.5, 0.6) is 0 Å². The van der Waals surface area contributed by atoms with Gasteiger partial charge in [-0.3, -0.25) is 4.79 Å². The lowest BCUT2D eigenvalue weighted by molar-refractivity contribution is 0.0955. The number of hydrazone groups is 1. The molecule has 5 heteroatoms. The SMILES string of the molecule is CCc1ccc(C(=O)N/N=C\c2cc(Br)ccc2F)cc1. The van der Waals surface area contributed by atoms with Crippen molar-refractivity contribution in [3.63, 3.8) is 0 Å². The Morgan fingerprint density at radius 3 is 2.67 bits per heavy atom. The molecule has 0 atom stereocenters. The van der Waals surface area contributed by atoms with Crippen molar-refractivity contribution in [3.8, 4) is 0 Å². The minimum absolute atomic E-state index is 0.297. The Labute approximate surface area is 131 Å². The number of rotatable bonds is 4. The number of carbonyl (C=O) groups is 1. The van der Waals surface area contributed by atoms with Gasteiger partial charge in [0.1, 0.15) is 5.82 Å². The molecule has 2 aromatic carbocycles. The van der Waals surface area contributed by atoms with E-state index in [0.717, 1.165) is 16.5 Å². The van der Waals surface area contributed by atoms with Crippen molar-refractivity contribution in [1.29, 1.82) is 0 Å². The lowest BCUT2D eigenvalue weighted by Gasteiger charge is -2.02. The summed E-state index contributed by atoms with van der Waals surface area (Å²) in [5.74, 6) is -0.729. The van der Waals surface area contributed by atoms with Gasteiger partial charge in [0.25, 0.3) is 5.91 Å². The highest BCUT2D eigenvalue weighted by molar-refractivity contribution is 9.10. The number of halogens is 2. The Balaban J connectivity index is 2.02. The van der Waals surface area contributed by atoms with Gasteiger partial charge < -0.3 is 0 Å². The van der Waals surface area contributed by atoms with Gasteiger partial charge in [0.05, 0.1) is 6.21 Å². The van der Waals surface area contributed by atoms with Crippen LogP contribution in [0.15, 0.2) is 52.0 Å². The van der Waals surface area contributed by atoms with Crippen molar-refractivity contribution >= 4 is 28.1 Å². The first-order chi connectivity index (χ1) is 10.1. The van der Waals surface area contributed by atoms with Crippen molar-refractivity contribution < 1.29 is 9.18 Å². The Morgan fingerprint density at radius 2 is 2.00 bits per heavy atom. The van der Waals surface area contributed by atoms with E-state index in [-0.39, 0.29) is 5.91 Å². The Hall–Kier alpha value is -2.01. The molecule has 0 aliphatic rings. The van der Waals surface area contributed by atoms with Crippen LogP contribution in [0, 0.1) is 5.82 Å². The van der Waals surface area contributed by atoms with E-state index in [0.29, 0.717) is 11.1 Å². The van der Waals surface area contributed by atoms with Gasteiger partial charge in [-0.1, -0.05) is 35.0 Å². The third-order valence-corrected chi connectivity index (χ3v) is 3.45. The second-order valence-electron chi connectivity index (χ2n) is 4.42. The lowest BCUT2D eigenvalue weighted by Crippen LogP contribution is -2.17. The number of amides is 1. The van der Waals surface area contributed by atoms with E-state index in [2.05, 4.69) is 26.5 Å². The second-order valence-corrected chi connectivity index (χ2v) is 5.33. The topological polar surface area (TPSA) is 41.5 Å². The fourth-order valence-electron chi connectivity index (χ4n) is 1.73. The summed E-state index contributed by atoms with van der Waals surface area (Å²) in [4.78, 5) is 11.9. The third kappa shape index (κ3) is 4.23. The Bertz CT molecular complexity index is 668. The summed E-state index contributed by atoms with van der Waals surface area (Å²) in [5, 5.41) is 3.78. The number of nitrogens with one attached hydrogen (secondary N) is 1. The molecule has 0 fully saturated rings. The zero-order valence-electron chi connectivity index (χ0n) is 11.4.